The first kappa shape index (κ1) is 101. The number of ether oxygens (including phenoxy) is 9. The van der Waals surface area contributed by atoms with Crippen molar-refractivity contribution in [1.29, 1.82) is 0 Å². The van der Waals surface area contributed by atoms with E-state index in [-0.39, 0.29) is 86.0 Å². The summed E-state index contributed by atoms with van der Waals surface area (Å²) in [6.45, 7) is -28.6. The molecule has 9 saturated heterocycles. The van der Waals surface area contributed by atoms with Crippen molar-refractivity contribution in [2.75, 3.05) is 75.4 Å². The number of nitrogens with one attached hydrogen (secondary N) is 3. The predicted octanol–water partition coefficient (Wildman–Crippen LogP) is -6.15. The van der Waals surface area contributed by atoms with Gasteiger partial charge in [0, 0.05) is 37.1 Å². The number of nitrogens with two attached hydrogens (primary N) is 5. The van der Waals surface area contributed by atoms with Gasteiger partial charge in [-0.05, 0) is 34.6 Å². The van der Waals surface area contributed by atoms with E-state index in [9.17, 15) is 54.0 Å². The van der Waals surface area contributed by atoms with Gasteiger partial charge in [-0.25, -0.2) is 49.5 Å². The van der Waals surface area contributed by atoms with E-state index < -0.39 is 266 Å². The highest BCUT2D eigenvalue weighted by Gasteiger charge is 2.72. The van der Waals surface area contributed by atoms with E-state index >= 15 is 14.4 Å². The summed E-state index contributed by atoms with van der Waals surface area (Å²) in [5, 5.41) is 35.0. The Kier molecular flexibility index (Phi) is 27.0. The molecule has 11 unspecified atom stereocenters. The minimum absolute atomic E-state index is 0.0210. The van der Waals surface area contributed by atoms with E-state index in [1.807, 2.05) is 0 Å². The van der Waals surface area contributed by atoms with Crippen LogP contribution >= 0.6 is 40.4 Å². The van der Waals surface area contributed by atoms with Crippen LogP contribution in [0.5, 0.6) is 0 Å². The van der Waals surface area contributed by atoms with Gasteiger partial charge >= 0.3 is 11.4 Å². The smallest absolute Gasteiger partial charge is 0.351 e. The van der Waals surface area contributed by atoms with Gasteiger partial charge in [0.1, 0.15) is 165 Å². The zero-order valence-corrected chi connectivity index (χ0v) is 82.1. The van der Waals surface area contributed by atoms with E-state index in [1.165, 1.54) is 53.9 Å². The van der Waals surface area contributed by atoms with Crippen molar-refractivity contribution in [3.8, 4) is 0 Å². The summed E-state index contributed by atoms with van der Waals surface area (Å²) in [4.78, 5) is 192. The third-order valence-electron chi connectivity index (χ3n) is 24.9. The zero-order chi connectivity index (χ0) is 99.1. The first-order valence-corrected chi connectivity index (χ1v) is 56.5. The van der Waals surface area contributed by atoms with Gasteiger partial charge in [0.15, 0.2) is 83.2 Å². The topological polar surface area (TPSA) is 821 Å². The Labute approximate surface area is 807 Å². The first-order chi connectivity index (χ1) is 65.5. The Balaban J connectivity index is 0.580. The highest BCUT2D eigenvalue weighted by Crippen LogP contribution is 2.64. The number of nitrogen functional groups attached to an aromatic ring is 5. The molecule has 0 aliphatic carbocycles. The van der Waals surface area contributed by atoms with E-state index in [2.05, 4.69) is 69.8 Å². The molecule has 9 aliphatic heterocycles. The van der Waals surface area contributed by atoms with Gasteiger partial charge in [0.2, 0.25) is 11.9 Å². The molecule has 0 aromatic carbocycles. The molecule has 0 amide bonds. The number of hydrogen-bond acceptors (Lipinski definition) is 57. The summed E-state index contributed by atoms with van der Waals surface area (Å²) in [5.41, 5.74) is 19.1. The third-order valence-corrected chi connectivity index (χ3v) is 34.2. The van der Waals surface area contributed by atoms with Crippen molar-refractivity contribution < 1.29 is 141 Å². The van der Waals surface area contributed by atoms with Crippen LogP contribution in [0.25, 0.3) is 44.7 Å². The van der Waals surface area contributed by atoms with Crippen LogP contribution < -0.4 is 81.2 Å². The predicted molar refractivity (Wildman–Crippen MR) is 478 cm³/mol. The summed E-state index contributed by atoms with van der Waals surface area (Å²) >= 11 is 33.0. The van der Waals surface area contributed by atoms with Crippen LogP contribution in [0.4, 0.5) is 29.4 Å². The van der Waals surface area contributed by atoms with Crippen molar-refractivity contribution in [1.82, 2.24) is 97.2 Å². The van der Waals surface area contributed by atoms with Gasteiger partial charge in [-0.1, -0.05) is 59.0 Å². The van der Waals surface area contributed by atoms with Crippen LogP contribution in [0.2, 0.25) is 0 Å². The molecule has 0 spiro atoms. The minimum atomic E-state index is -5.26. The Morgan fingerprint density at radius 3 is 1.44 bits per heavy atom. The molecular formula is C67H79N25O35P6S6-6. The Morgan fingerprint density at radius 1 is 0.475 bits per heavy atom. The number of hydrogen-bond donors (Lipinski definition) is 11. The number of fused-ring (bicyclic) bond motifs is 10. The van der Waals surface area contributed by atoms with Gasteiger partial charge in [-0.2, -0.15) is 15.0 Å². The number of aromatic amines is 3. The van der Waals surface area contributed by atoms with Crippen molar-refractivity contribution in [3.05, 3.63) is 114 Å². The maximum absolute atomic E-state index is 15.6. The van der Waals surface area contributed by atoms with Gasteiger partial charge in [-0.3, -0.25) is 61.3 Å². The number of imidazole rings is 4. The highest BCUT2D eigenvalue weighted by atomic mass is 32.7. The van der Waals surface area contributed by atoms with Crippen molar-refractivity contribution in [2.45, 2.75) is 199 Å². The number of aliphatic hydroxyl groups is 3. The van der Waals surface area contributed by atoms with E-state index in [1.54, 1.807) is 6.92 Å². The molecule has 0 saturated carbocycles. The van der Waals surface area contributed by atoms with Gasteiger partial charge < -0.3 is 178 Å². The van der Waals surface area contributed by atoms with Gasteiger partial charge in [-0.15, -0.1) is 0 Å². The minimum Gasteiger partial charge on any atom is -0.780 e. The van der Waals surface area contributed by atoms with Crippen LogP contribution in [-0.4, -0.2) is 280 Å². The molecule has 0 radical (unpaired) electrons. The van der Waals surface area contributed by atoms with Gasteiger partial charge in [0.05, 0.1) is 89.4 Å². The summed E-state index contributed by atoms with van der Waals surface area (Å²) in [5.74, 6) is -0.978. The lowest BCUT2D eigenvalue weighted by molar-refractivity contribution is -0.240. The lowest BCUT2D eigenvalue weighted by Crippen LogP contribution is -2.52. The molecule has 10 aromatic heterocycles. The Hall–Kier alpha value is -6.97. The SMILES string of the molecule is COP([O-])(=S)O[C@@H]1C(O)[C@H](n2cnc3c(=O)[nH]c(N)nc32)O[C@@H]1COP([O-])(=S)O[C@@H]1C(O)[C@H](n2cnc3c(N)ncnc32)O[C@@H]1COP([O-])(=S)O[C@@H]1C[C@H](n2cnc3c(N)ncnc32)O[C@@H]1COP([O-])(=S)O[C@@H]1C2O[C@@H](C)[C@]1(COP(=O)([S-])O[C@@H]1C3O[C@@H](C)[C@]1(COP([O-])(=S)O[C@@H]1C4O[C@@H](C)[C@]1(CO)O[C@H]4n1cc(C)c(N)nc1=O)O[C@H]3n1cnc3c(=O)[nH]c(N)nc31)O[C@H]2n1cc(C)c(=O)[nH]c1=O. The molecule has 9 fully saturated rings. The Morgan fingerprint density at radius 2 is 0.899 bits per heavy atom. The number of rotatable bonds is 35. The lowest BCUT2D eigenvalue weighted by Gasteiger charge is -2.42. The quantitative estimate of drug-likeness (QED) is 0.0130. The van der Waals surface area contributed by atoms with Crippen molar-refractivity contribution >= 4 is 186 Å². The molecule has 16 N–H and O–H groups in total. The molecule has 754 valence electrons. The van der Waals surface area contributed by atoms with Crippen LogP contribution in [0.15, 0.2) is 74.3 Å². The number of H-pyrrole nitrogens is 3. The summed E-state index contributed by atoms with van der Waals surface area (Å²) in [7, 11) is 0.955. The fourth-order valence-electron chi connectivity index (χ4n) is 18.0. The second-order valence-corrected chi connectivity index (χ2v) is 49.4. The van der Waals surface area contributed by atoms with E-state index in [0.29, 0.717) is 5.56 Å². The maximum Gasteiger partial charge on any atom is 0.351 e. The van der Waals surface area contributed by atoms with Gasteiger partial charge in [0.25, 0.3) is 16.7 Å². The first-order valence-electron chi connectivity index (χ1n) is 41.2. The molecule has 9 aliphatic rings. The summed E-state index contributed by atoms with van der Waals surface area (Å²) in [6.07, 6.45) is -27.6. The van der Waals surface area contributed by atoms with Crippen LogP contribution in [0.3, 0.4) is 0 Å². The Bertz CT molecular complexity index is 7180. The molecule has 19 heterocycles. The molecule has 60 nitrogen and oxygen atoms in total. The normalized spacial score (nSPS) is 34.6. The maximum atomic E-state index is 15.6. The zero-order valence-electron chi connectivity index (χ0n) is 71.9. The van der Waals surface area contributed by atoms with Crippen LogP contribution in [-0.2, 0) is 173 Å². The van der Waals surface area contributed by atoms with Crippen LogP contribution in [0, 0.1) is 13.8 Å². The standard InChI is InChI=1S/C67H85N25O35P6S6/c1-22-8-87(63(99)81-46(22)68)58-40-43(65(13-93,119-58)24(3)113-40)125-132(105,138)111-15-67-26(5)115-42(60(121-67)92-21-80-35-52(92)83-62(72)85-55(35)98)45(67)127-133(106,139)112-14-66-25(4)114-41(59(120-66)88-9-23(2)53(96)86-64(88)100)44(66)126-131(104,137)108-10-28-27(7-31(116-28)89-18-77-32-47(69)73-16-75-49(32)89)122-129(102,135)109-11-30-39(37(95)56(117-30)90-19-78-33-48(70)74-17-76-50(33)90)124-130(103,136)110-12-29-38(123-128(101,134)107-6)36(94)57(118-29)91-20-79-34-51(91)82-61(71)84-54(34)97/h8-9,16-21,24-31,36-45,56-60,93-95H,7,10-15H2,1-6H3,(H,101,134)(H,102,135)(H,103,136)(H,104,137)(H,105,138)(H,106,139)(H2,68,81,99)(H2,69,73,75)(H2,70,74,76)(H,86,96,100)(H3,71,82,84,97)(H3,72,83,85,98)/p-6/t24-,25-,26-,27+,28+,29+,30+,31+,36?,37?,38-,39-,40?,41?,42?,43+,44+,45+,56+,57+,58+,59+,60+,65-,66-,67-,128?,129?,130?,131?,132?,133?/m0/s1. The molecule has 10 aromatic rings. The molecule has 19 rings (SSSR count). The number of nitrogens with zero attached hydrogens (tertiary/aromatic N) is 17. The highest BCUT2D eigenvalue weighted by molar-refractivity contribution is 8.32. The van der Waals surface area contributed by atoms with E-state index in [4.69, 9.17) is 197 Å². The number of anilines is 5. The summed E-state index contributed by atoms with van der Waals surface area (Å²) in [6, 6.07) is 0. The molecular weight excluding hydrogens is 2090 g/mol. The molecule has 72 heteroatoms. The number of aromatic nitrogens is 20. The molecule has 6 bridgehead atoms. The fourth-order valence-corrected chi connectivity index (χ4v) is 26.2. The number of aliphatic hydroxyl groups excluding tert-OH is 3. The van der Waals surface area contributed by atoms with Crippen molar-refractivity contribution in [3.63, 3.8) is 0 Å². The third kappa shape index (κ3) is 18.4. The fraction of sp³-hybridized carbons (Fsp3) is 0.582. The number of aryl methyl sites for hydroxylation is 2. The van der Waals surface area contributed by atoms with Crippen molar-refractivity contribution in [2.24, 2.45) is 0 Å². The lowest BCUT2D eigenvalue weighted by atomic mass is 9.94. The molecule has 32 atom stereocenters. The second kappa shape index (κ2) is 37.2. The monoisotopic (exact) mass is 2170 g/mol. The largest absolute Gasteiger partial charge is 0.780 e. The molecule has 139 heavy (non-hydrogen) atoms. The summed E-state index contributed by atoms with van der Waals surface area (Å²) < 4.78 is 151. The second-order valence-electron chi connectivity index (χ2n) is 33.1. The average molecular weight is 2170 g/mol. The van der Waals surface area contributed by atoms with Crippen LogP contribution in [0.1, 0.15) is 75.7 Å². The average Bonchev–Trinajstić information content (AvgIpc) is 1.52. The van der Waals surface area contributed by atoms with E-state index in [0.717, 1.165) is 58.6 Å².